The zero-order valence-electron chi connectivity index (χ0n) is 17.9. The summed E-state index contributed by atoms with van der Waals surface area (Å²) in [5.74, 6) is -0.988. The van der Waals surface area contributed by atoms with Gasteiger partial charge in [0.1, 0.15) is 17.5 Å². The monoisotopic (exact) mass is 428 g/mol. The lowest BCUT2D eigenvalue weighted by Crippen LogP contribution is -2.40. The Balaban J connectivity index is 2.06. The summed E-state index contributed by atoms with van der Waals surface area (Å²) in [5, 5.41) is 31.2. The number of phenols is 2. The zero-order chi connectivity index (χ0) is 22.9. The predicted molar refractivity (Wildman–Crippen MR) is 119 cm³/mol. The fourth-order valence-electron chi connectivity index (χ4n) is 3.73. The van der Waals surface area contributed by atoms with E-state index < -0.39 is 17.4 Å². The van der Waals surface area contributed by atoms with Crippen molar-refractivity contribution in [1.82, 2.24) is 5.32 Å². The van der Waals surface area contributed by atoms with Gasteiger partial charge in [-0.05, 0) is 74.0 Å². The number of aromatic hydroxyl groups is 2. The largest absolute Gasteiger partial charge is 0.508 e. The molecule has 0 heterocycles. The second-order valence-electron chi connectivity index (χ2n) is 8.02. The molecule has 168 valence electrons. The molecule has 0 aliphatic rings. The summed E-state index contributed by atoms with van der Waals surface area (Å²) in [5.41, 5.74) is 6.95. The van der Waals surface area contributed by atoms with Crippen molar-refractivity contribution in [1.29, 1.82) is 0 Å². The third-order valence-corrected chi connectivity index (χ3v) is 5.67. The Morgan fingerprint density at radius 1 is 0.935 bits per heavy atom. The fraction of sp³-hybridized carbons (Fsp3) is 0.417. The number of rotatable bonds is 12. The van der Waals surface area contributed by atoms with E-state index in [2.05, 4.69) is 12.2 Å². The standard InChI is InChI=1S/C24H32N2O5/c1-24(17-7-11-19(27)12-8-17,18-9-13-20(28)14-10-18)15-4-6-22(29)26-21(23(30)31)5-2-3-16-25/h7-14,21,27-28H,2-6,15-16,25H2,1H3,(H,26,29)(H,30,31)/t21-/m0/s1. The molecule has 0 fully saturated rings. The van der Waals surface area contributed by atoms with Gasteiger partial charge in [-0.25, -0.2) is 4.79 Å². The molecule has 0 aliphatic carbocycles. The molecule has 0 bridgehead atoms. The molecular formula is C24H32N2O5. The molecule has 0 unspecified atom stereocenters. The van der Waals surface area contributed by atoms with Crippen LogP contribution in [0.1, 0.15) is 56.6 Å². The van der Waals surface area contributed by atoms with Crippen molar-refractivity contribution in [3.8, 4) is 11.5 Å². The zero-order valence-corrected chi connectivity index (χ0v) is 17.9. The number of phenolic OH excluding ortho intramolecular Hbond substituents is 2. The number of nitrogens with two attached hydrogens (primary N) is 1. The van der Waals surface area contributed by atoms with Gasteiger partial charge in [-0.1, -0.05) is 31.2 Å². The second kappa shape index (κ2) is 11.4. The first-order valence-corrected chi connectivity index (χ1v) is 10.6. The van der Waals surface area contributed by atoms with Crippen molar-refractivity contribution in [3.63, 3.8) is 0 Å². The van der Waals surface area contributed by atoms with E-state index in [0.29, 0.717) is 32.2 Å². The summed E-state index contributed by atoms with van der Waals surface area (Å²) >= 11 is 0. The highest BCUT2D eigenvalue weighted by atomic mass is 16.4. The highest BCUT2D eigenvalue weighted by molar-refractivity contribution is 5.83. The third-order valence-electron chi connectivity index (χ3n) is 5.67. The number of carboxylic acid groups (broad SMARTS) is 1. The Kier molecular flexibility index (Phi) is 8.88. The Morgan fingerprint density at radius 2 is 1.45 bits per heavy atom. The molecule has 7 nitrogen and oxygen atoms in total. The van der Waals surface area contributed by atoms with Gasteiger partial charge in [0.2, 0.25) is 5.91 Å². The Hall–Kier alpha value is -3.06. The van der Waals surface area contributed by atoms with E-state index in [1.54, 1.807) is 24.3 Å². The normalized spacial score (nSPS) is 12.3. The molecule has 0 radical (unpaired) electrons. The number of carbonyl (C=O) groups excluding carboxylic acids is 1. The SMILES string of the molecule is CC(CCCC(=O)N[C@@H](CCCCN)C(=O)O)(c1ccc(O)cc1)c1ccc(O)cc1. The number of unbranched alkanes of at least 4 members (excludes halogenated alkanes) is 1. The van der Waals surface area contributed by atoms with E-state index >= 15 is 0 Å². The maximum Gasteiger partial charge on any atom is 0.326 e. The van der Waals surface area contributed by atoms with Crippen LogP contribution in [0.5, 0.6) is 11.5 Å². The van der Waals surface area contributed by atoms with Crippen molar-refractivity contribution >= 4 is 11.9 Å². The van der Waals surface area contributed by atoms with Gasteiger partial charge in [0.05, 0.1) is 0 Å². The van der Waals surface area contributed by atoms with Crippen LogP contribution in [0.3, 0.4) is 0 Å². The van der Waals surface area contributed by atoms with Crippen molar-refractivity contribution in [2.45, 2.75) is 56.9 Å². The first kappa shape index (κ1) is 24.2. The molecule has 2 aromatic carbocycles. The first-order valence-electron chi connectivity index (χ1n) is 10.6. The van der Waals surface area contributed by atoms with Gasteiger partial charge in [-0.15, -0.1) is 0 Å². The lowest BCUT2D eigenvalue weighted by molar-refractivity contribution is -0.142. The molecule has 1 amide bonds. The van der Waals surface area contributed by atoms with E-state index in [-0.39, 0.29) is 23.8 Å². The number of carbonyl (C=O) groups is 2. The molecule has 0 saturated heterocycles. The van der Waals surface area contributed by atoms with Crippen molar-refractivity contribution in [2.24, 2.45) is 5.73 Å². The smallest absolute Gasteiger partial charge is 0.326 e. The minimum atomic E-state index is -1.04. The molecule has 6 N–H and O–H groups in total. The quantitative estimate of drug-likeness (QED) is 0.330. The van der Waals surface area contributed by atoms with Gasteiger partial charge < -0.3 is 26.4 Å². The van der Waals surface area contributed by atoms with E-state index in [1.165, 1.54) is 0 Å². The van der Waals surface area contributed by atoms with Crippen LogP contribution in [0.25, 0.3) is 0 Å². The summed E-state index contributed by atoms with van der Waals surface area (Å²) in [6.45, 7) is 2.55. The van der Waals surface area contributed by atoms with Crippen LogP contribution in [0.2, 0.25) is 0 Å². The number of carboxylic acids is 1. The molecule has 2 rings (SSSR count). The van der Waals surface area contributed by atoms with Crippen molar-refractivity contribution in [2.75, 3.05) is 6.54 Å². The van der Waals surface area contributed by atoms with Gasteiger partial charge in [-0.2, -0.15) is 0 Å². The molecule has 0 aliphatic heterocycles. The fourth-order valence-corrected chi connectivity index (χ4v) is 3.73. The number of amides is 1. The van der Waals surface area contributed by atoms with Crippen LogP contribution >= 0.6 is 0 Å². The first-order chi connectivity index (χ1) is 14.8. The lowest BCUT2D eigenvalue weighted by atomic mass is 9.72. The topological polar surface area (TPSA) is 133 Å². The predicted octanol–water partition coefficient (Wildman–Crippen LogP) is 3.27. The van der Waals surface area contributed by atoms with Crippen LogP contribution in [-0.4, -0.2) is 39.8 Å². The van der Waals surface area contributed by atoms with E-state index in [1.807, 2.05) is 24.3 Å². The van der Waals surface area contributed by atoms with Crippen LogP contribution in [-0.2, 0) is 15.0 Å². The Bertz CT molecular complexity index is 804. The highest BCUT2D eigenvalue weighted by Crippen LogP contribution is 2.38. The molecule has 0 spiro atoms. The van der Waals surface area contributed by atoms with Gasteiger partial charge in [0, 0.05) is 11.8 Å². The van der Waals surface area contributed by atoms with Gasteiger partial charge in [0.25, 0.3) is 0 Å². The van der Waals surface area contributed by atoms with Gasteiger partial charge in [-0.3, -0.25) is 4.79 Å². The highest BCUT2D eigenvalue weighted by Gasteiger charge is 2.29. The van der Waals surface area contributed by atoms with E-state index in [9.17, 15) is 24.9 Å². The maximum absolute atomic E-state index is 12.4. The average molecular weight is 429 g/mol. The molecule has 31 heavy (non-hydrogen) atoms. The molecule has 0 saturated carbocycles. The lowest BCUT2D eigenvalue weighted by Gasteiger charge is -2.31. The number of nitrogens with one attached hydrogen (secondary N) is 1. The Labute approximate surface area is 182 Å². The van der Waals surface area contributed by atoms with E-state index in [4.69, 9.17) is 5.73 Å². The minimum Gasteiger partial charge on any atom is -0.508 e. The van der Waals surface area contributed by atoms with Crippen molar-refractivity contribution in [3.05, 3.63) is 59.7 Å². The van der Waals surface area contributed by atoms with Crippen molar-refractivity contribution < 1.29 is 24.9 Å². The molecule has 7 heteroatoms. The van der Waals surface area contributed by atoms with Gasteiger partial charge >= 0.3 is 5.97 Å². The van der Waals surface area contributed by atoms with Crippen LogP contribution in [0.15, 0.2) is 48.5 Å². The number of hydrogen-bond donors (Lipinski definition) is 5. The second-order valence-corrected chi connectivity index (χ2v) is 8.02. The summed E-state index contributed by atoms with van der Waals surface area (Å²) in [7, 11) is 0. The minimum absolute atomic E-state index is 0.172. The molecule has 1 atom stereocenters. The summed E-state index contributed by atoms with van der Waals surface area (Å²) < 4.78 is 0. The summed E-state index contributed by atoms with van der Waals surface area (Å²) in [6, 6.07) is 13.0. The van der Waals surface area contributed by atoms with Crippen LogP contribution in [0.4, 0.5) is 0 Å². The van der Waals surface area contributed by atoms with Crippen LogP contribution < -0.4 is 11.1 Å². The number of benzene rings is 2. The number of aliphatic carboxylic acids is 1. The summed E-state index contributed by atoms with van der Waals surface area (Å²) in [4.78, 5) is 23.8. The van der Waals surface area contributed by atoms with Crippen LogP contribution in [0, 0.1) is 0 Å². The average Bonchev–Trinajstić information content (AvgIpc) is 2.73. The van der Waals surface area contributed by atoms with Gasteiger partial charge in [0.15, 0.2) is 0 Å². The number of hydrogen-bond acceptors (Lipinski definition) is 5. The van der Waals surface area contributed by atoms with E-state index in [0.717, 1.165) is 17.5 Å². The molecular weight excluding hydrogens is 396 g/mol. The third kappa shape index (κ3) is 7.00. The molecule has 2 aromatic rings. The maximum atomic E-state index is 12.4. The molecule has 0 aromatic heterocycles. The summed E-state index contributed by atoms with van der Waals surface area (Å²) in [6.07, 6.45) is 3.09. The Morgan fingerprint density at radius 3 is 1.90 bits per heavy atom.